The number of hydrogen-bond donors (Lipinski definition) is 0. The fourth-order valence-corrected chi connectivity index (χ4v) is 2.78. The van der Waals surface area contributed by atoms with Crippen molar-refractivity contribution in [1.82, 2.24) is 24.9 Å². The first-order valence-electron chi connectivity index (χ1n) is 10.5. The fraction of sp³-hybridized carbons (Fsp3) is 0. The Balaban J connectivity index is 0.000000220. The molecular formula is C25H19F6N5PRu. The summed E-state index contributed by atoms with van der Waals surface area (Å²) in [5, 5.41) is 0. The van der Waals surface area contributed by atoms with E-state index >= 15 is 0 Å². The van der Waals surface area contributed by atoms with Crippen LogP contribution >= 0.6 is 7.81 Å². The predicted molar refractivity (Wildman–Crippen MR) is 132 cm³/mol. The topological polar surface area (TPSA) is 64.5 Å². The Morgan fingerprint density at radius 3 is 0.842 bits per heavy atom. The molecule has 0 aliphatic rings. The minimum Gasteiger partial charge on any atom is -0.255 e. The van der Waals surface area contributed by atoms with Gasteiger partial charge >= 0.3 is 52.5 Å². The Morgan fingerprint density at radius 1 is 0.368 bits per heavy atom. The van der Waals surface area contributed by atoms with E-state index < -0.39 is 7.81 Å². The summed E-state index contributed by atoms with van der Waals surface area (Å²) in [7, 11) is -10.7. The van der Waals surface area contributed by atoms with Crippen LogP contribution in [-0.2, 0) is 19.5 Å². The van der Waals surface area contributed by atoms with Gasteiger partial charge in [0.1, 0.15) is 0 Å². The summed E-state index contributed by atoms with van der Waals surface area (Å²) in [5.74, 6) is 0. The van der Waals surface area contributed by atoms with E-state index in [-0.39, 0.29) is 19.5 Å². The third-order valence-corrected chi connectivity index (χ3v) is 4.20. The van der Waals surface area contributed by atoms with Gasteiger partial charge in [0.2, 0.25) is 0 Å². The van der Waals surface area contributed by atoms with Crippen molar-refractivity contribution in [1.29, 1.82) is 0 Å². The molecule has 5 nitrogen and oxygen atoms in total. The quantitative estimate of drug-likeness (QED) is 0.113. The van der Waals surface area contributed by atoms with Crippen molar-refractivity contribution in [2.45, 2.75) is 0 Å². The van der Waals surface area contributed by atoms with Crippen LogP contribution in [0.4, 0.5) is 25.2 Å². The second-order valence-corrected chi connectivity index (χ2v) is 9.14. The van der Waals surface area contributed by atoms with Crippen LogP contribution in [0.2, 0.25) is 0 Å². The molecule has 0 unspecified atom stereocenters. The van der Waals surface area contributed by atoms with Crippen molar-refractivity contribution in [3.05, 3.63) is 116 Å². The maximum absolute atomic E-state index is 10.7. The molecule has 5 heterocycles. The van der Waals surface area contributed by atoms with Crippen LogP contribution in [0.1, 0.15) is 0 Å². The fourth-order valence-electron chi connectivity index (χ4n) is 2.78. The first kappa shape index (κ1) is 30.6. The Kier molecular flexibility index (Phi) is 9.89. The summed E-state index contributed by atoms with van der Waals surface area (Å²) in [6.07, 6.45) is 7.07. The van der Waals surface area contributed by atoms with E-state index in [2.05, 4.69) is 24.9 Å². The summed E-state index contributed by atoms with van der Waals surface area (Å²) < 4.78 is 59.2. The number of rotatable bonds is 3. The first-order chi connectivity index (χ1) is 17.3. The Hall–Kier alpha value is -3.62. The minimum atomic E-state index is -10.7. The Labute approximate surface area is 227 Å². The standard InChI is InChI=1S/C15H11N3.C10H8N2.F6P.Ru/c1-3-10-16-12(6-1)14-8-5-9-15(18-14)13-7-2-4-11-17-13;1-3-7-11-9(5-1)10-6-2-4-8-12-10;1-7(2,3,4,5)6;/h1-11H;1-8H;;/q;;-1;+1. The summed E-state index contributed by atoms with van der Waals surface area (Å²) in [6, 6.07) is 29.1. The molecule has 199 valence electrons. The SMILES string of the molecule is F[P-](F)(F)(F)(F)F.[Ru+].c1ccc(-c2cccc(-c3ccccn3)n2)nc1.c1ccc(-c2ccccn2)nc1. The van der Waals surface area contributed by atoms with Crippen LogP contribution in [-0.4, -0.2) is 24.9 Å². The molecule has 0 aromatic carbocycles. The maximum Gasteiger partial charge on any atom is 1.00 e. The molecule has 0 spiro atoms. The van der Waals surface area contributed by atoms with Gasteiger partial charge in [-0.25, -0.2) is 4.98 Å². The summed E-state index contributed by atoms with van der Waals surface area (Å²) >= 11 is 0. The molecule has 0 aliphatic carbocycles. The molecule has 5 aromatic rings. The van der Waals surface area contributed by atoms with E-state index in [4.69, 9.17) is 0 Å². The van der Waals surface area contributed by atoms with Crippen LogP contribution in [0.3, 0.4) is 0 Å². The van der Waals surface area contributed by atoms with Gasteiger partial charge in [-0.15, -0.1) is 0 Å². The minimum absolute atomic E-state index is 0. The molecule has 0 N–H and O–H groups in total. The van der Waals surface area contributed by atoms with Crippen LogP contribution in [0.15, 0.2) is 116 Å². The van der Waals surface area contributed by atoms with Gasteiger partial charge in [0.15, 0.2) is 0 Å². The van der Waals surface area contributed by atoms with E-state index in [0.717, 1.165) is 34.2 Å². The van der Waals surface area contributed by atoms with Crippen molar-refractivity contribution in [2.75, 3.05) is 0 Å². The average molecular weight is 635 g/mol. The van der Waals surface area contributed by atoms with Gasteiger partial charge in [-0.3, -0.25) is 19.9 Å². The number of hydrogen-bond acceptors (Lipinski definition) is 5. The van der Waals surface area contributed by atoms with E-state index in [1.54, 1.807) is 24.8 Å². The summed E-state index contributed by atoms with van der Waals surface area (Å²) in [6.45, 7) is 0. The van der Waals surface area contributed by atoms with Gasteiger partial charge in [-0.1, -0.05) is 30.3 Å². The zero-order chi connectivity index (χ0) is 26.8. The molecule has 5 rings (SSSR count). The van der Waals surface area contributed by atoms with Crippen molar-refractivity contribution < 1.29 is 44.7 Å². The Bertz CT molecular complexity index is 1300. The largest absolute Gasteiger partial charge is 1.00 e. The van der Waals surface area contributed by atoms with Crippen LogP contribution in [0.5, 0.6) is 0 Å². The monoisotopic (exact) mass is 636 g/mol. The molecule has 0 atom stereocenters. The molecule has 0 saturated carbocycles. The number of halogens is 6. The molecule has 5 aromatic heterocycles. The molecule has 13 heteroatoms. The molecular weight excluding hydrogens is 616 g/mol. The second-order valence-electron chi connectivity index (χ2n) is 7.23. The van der Waals surface area contributed by atoms with Crippen LogP contribution in [0, 0.1) is 0 Å². The molecule has 0 aliphatic heterocycles. The second kappa shape index (κ2) is 12.3. The van der Waals surface area contributed by atoms with Crippen molar-refractivity contribution in [3.63, 3.8) is 0 Å². The summed E-state index contributed by atoms with van der Waals surface area (Å²) in [5.41, 5.74) is 5.29. The third-order valence-electron chi connectivity index (χ3n) is 4.20. The van der Waals surface area contributed by atoms with E-state index in [0.29, 0.717) is 0 Å². The normalized spacial score (nSPS) is 12.2. The number of aromatic nitrogens is 5. The number of nitrogens with zero attached hydrogens (tertiary/aromatic N) is 5. The average Bonchev–Trinajstić information content (AvgIpc) is 2.89. The third kappa shape index (κ3) is 12.6. The molecule has 0 fully saturated rings. The zero-order valence-electron chi connectivity index (χ0n) is 19.3. The molecule has 0 saturated heterocycles. The molecule has 1 radical (unpaired) electrons. The Morgan fingerprint density at radius 2 is 0.605 bits per heavy atom. The van der Waals surface area contributed by atoms with Crippen LogP contribution < -0.4 is 0 Å². The van der Waals surface area contributed by atoms with Gasteiger partial charge in [0, 0.05) is 24.8 Å². The smallest absolute Gasteiger partial charge is 0.255 e. The van der Waals surface area contributed by atoms with Crippen LogP contribution in [0.25, 0.3) is 34.2 Å². The molecule has 38 heavy (non-hydrogen) atoms. The maximum atomic E-state index is 9.87. The van der Waals surface area contributed by atoms with Gasteiger partial charge in [-0.2, -0.15) is 0 Å². The zero-order valence-corrected chi connectivity index (χ0v) is 21.9. The van der Waals surface area contributed by atoms with E-state index in [1.807, 2.05) is 91.0 Å². The first-order valence-corrected chi connectivity index (χ1v) is 12.6. The number of pyridine rings is 5. The molecule has 0 bridgehead atoms. The van der Waals surface area contributed by atoms with Gasteiger partial charge in [0.05, 0.1) is 34.2 Å². The molecule has 0 amide bonds. The van der Waals surface area contributed by atoms with Crippen molar-refractivity contribution >= 4 is 7.81 Å². The van der Waals surface area contributed by atoms with E-state index in [1.165, 1.54) is 0 Å². The van der Waals surface area contributed by atoms with Crippen molar-refractivity contribution in [3.8, 4) is 34.2 Å². The van der Waals surface area contributed by atoms with E-state index in [9.17, 15) is 25.2 Å². The van der Waals surface area contributed by atoms with Gasteiger partial charge in [0.25, 0.3) is 0 Å². The van der Waals surface area contributed by atoms with Gasteiger partial charge < -0.3 is 0 Å². The predicted octanol–water partition coefficient (Wildman–Crippen LogP) is 8.73. The summed E-state index contributed by atoms with van der Waals surface area (Å²) in [4.78, 5) is 21.6. The van der Waals surface area contributed by atoms with Crippen molar-refractivity contribution in [2.24, 2.45) is 0 Å². The van der Waals surface area contributed by atoms with Gasteiger partial charge in [-0.05, 0) is 60.7 Å².